The van der Waals surface area contributed by atoms with Gasteiger partial charge in [-0.3, -0.25) is 9.89 Å². The van der Waals surface area contributed by atoms with Crippen LogP contribution in [0, 0.1) is 6.92 Å². The van der Waals surface area contributed by atoms with E-state index in [2.05, 4.69) is 15.5 Å². The van der Waals surface area contributed by atoms with Crippen molar-refractivity contribution in [3.05, 3.63) is 82.5 Å². The predicted octanol–water partition coefficient (Wildman–Crippen LogP) is 2.74. The summed E-state index contributed by atoms with van der Waals surface area (Å²) in [6.45, 7) is 2.40. The Morgan fingerprint density at radius 1 is 1.10 bits per heavy atom. The van der Waals surface area contributed by atoms with Gasteiger partial charge in [-0.2, -0.15) is 9.40 Å². The lowest BCUT2D eigenvalue weighted by Gasteiger charge is -2.16. The zero-order chi connectivity index (χ0) is 20.4. The third kappa shape index (κ3) is 4.38. The lowest BCUT2D eigenvalue weighted by atomic mass is 10.1. The summed E-state index contributed by atoms with van der Waals surface area (Å²) in [5.41, 5.74) is 4.19. The van der Waals surface area contributed by atoms with Crippen LogP contribution in [0.4, 0.5) is 5.82 Å². The Labute approximate surface area is 169 Å². The second-order valence-electron chi connectivity index (χ2n) is 7.25. The summed E-state index contributed by atoms with van der Waals surface area (Å²) in [7, 11) is -3.48. The Hall–Kier alpha value is -2.97. The van der Waals surface area contributed by atoms with Crippen LogP contribution in [0.5, 0.6) is 0 Å². The maximum atomic E-state index is 12.8. The molecule has 0 unspecified atom stereocenters. The van der Waals surface area contributed by atoms with E-state index in [-0.39, 0.29) is 31.2 Å². The van der Waals surface area contributed by atoms with Crippen LogP contribution >= 0.6 is 0 Å². The van der Waals surface area contributed by atoms with Gasteiger partial charge in [0, 0.05) is 12.1 Å². The van der Waals surface area contributed by atoms with Crippen molar-refractivity contribution in [2.75, 3.05) is 5.32 Å². The molecule has 2 aromatic carbocycles. The number of H-pyrrole nitrogens is 1. The summed E-state index contributed by atoms with van der Waals surface area (Å²) in [6.07, 6.45) is 0.235. The molecule has 0 saturated carbocycles. The fraction of sp³-hybridized carbons (Fsp3) is 0.238. The van der Waals surface area contributed by atoms with Crippen molar-refractivity contribution in [1.82, 2.24) is 14.5 Å². The van der Waals surface area contributed by atoms with Gasteiger partial charge in [0.05, 0.1) is 24.4 Å². The molecule has 0 atom stereocenters. The average Bonchev–Trinajstić information content (AvgIpc) is 3.25. The van der Waals surface area contributed by atoms with Gasteiger partial charge in [-0.1, -0.05) is 60.2 Å². The van der Waals surface area contributed by atoms with Crippen molar-refractivity contribution in [1.29, 1.82) is 0 Å². The molecule has 1 aromatic heterocycles. The molecule has 0 saturated heterocycles. The van der Waals surface area contributed by atoms with Gasteiger partial charge in [0.1, 0.15) is 0 Å². The highest BCUT2D eigenvalue weighted by Crippen LogP contribution is 2.30. The number of benzene rings is 2. The average molecular weight is 410 g/mol. The van der Waals surface area contributed by atoms with E-state index < -0.39 is 10.0 Å². The number of nitrogens with zero attached hydrogens (tertiary/aromatic N) is 2. The lowest BCUT2D eigenvalue weighted by Crippen LogP contribution is -2.27. The number of hydrogen-bond donors (Lipinski definition) is 2. The molecule has 4 rings (SSSR count). The number of carbonyl (C=O) groups excluding carboxylic acids is 1. The predicted molar refractivity (Wildman–Crippen MR) is 110 cm³/mol. The summed E-state index contributed by atoms with van der Waals surface area (Å²) in [5.74, 6) is 0.159. The van der Waals surface area contributed by atoms with Crippen molar-refractivity contribution in [3.63, 3.8) is 0 Å². The Kier molecular flexibility index (Phi) is 5.21. The number of aromatic amines is 1. The van der Waals surface area contributed by atoms with E-state index in [0.29, 0.717) is 11.5 Å². The Morgan fingerprint density at radius 3 is 2.62 bits per heavy atom. The van der Waals surface area contributed by atoms with Crippen molar-refractivity contribution in [2.45, 2.75) is 32.2 Å². The molecule has 1 amide bonds. The van der Waals surface area contributed by atoms with Crippen molar-refractivity contribution in [2.24, 2.45) is 0 Å². The van der Waals surface area contributed by atoms with E-state index in [1.165, 1.54) is 4.31 Å². The first-order valence-corrected chi connectivity index (χ1v) is 10.9. The van der Waals surface area contributed by atoms with Gasteiger partial charge < -0.3 is 5.32 Å². The van der Waals surface area contributed by atoms with E-state index in [1.54, 1.807) is 12.1 Å². The van der Waals surface area contributed by atoms with Gasteiger partial charge in [-0.05, 0) is 18.1 Å². The number of amides is 1. The second-order valence-corrected chi connectivity index (χ2v) is 9.22. The van der Waals surface area contributed by atoms with Crippen molar-refractivity contribution >= 4 is 21.7 Å². The van der Waals surface area contributed by atoms with Crippen LogP contribution in [-0.2, 0) is 40.1 Å². The molecular weight excluding hydrogens is 388 g/mol. The monoisotopic (exact) mass is 410 g/mol. The number of nitrogens with one attached hydrogen (secondary N) is 2. The van der Waals surface area contributed by atoms with Gasteiger partial charge in [0.15, 0.2) is 5.82 Å². The largest absolute Gasteiger partial charge is 0.309 e. The number of sulfonamides is 1. The van der Waals surface area contributed by atoms with E-state index in [1.807, 2.05) is 49.4 Å². The van der Waals surface area contributed by atoms with Gasteiger partial charge >= 0.3 is 0 Å². The fourth-order valence-electron chi connectivity index (χ4n) is 3.47. The minimum absolute atomic E-state index is 0.0550. The van der Waals surface area contributed by atoms with Gasteiger partial charge in [-0.15, -0.1) is 0 Å². The molecule has 0 spiro atoms. The number of fused-ring (bicyclic) bond motifs is 1. The first-order valence-electron chi connectivity index (χ1n) is 9.34. The molecule has 1 aliphatic rings. The zero-order valence-electron chi connectivity index (χ0n) is 16.1. The van der Waals surface area contributed by atoms with Crippen LogP contribution in [0.1, 0.15) is 27.9 Å². The molecule has 1 aliphatic heterocycles. The molecule has 29 heavy (non-hydrogen) atoms. The van der Waals surface area contributed by atoms with E-state index >= 15 is 0 Å². The summed E-state index contributed by atoms with van der Waals surface area (Å²) in [6, 6.07) is 16.9. The fourth-order valence-corrected chi connectivity index (χ4v) is 4.92. The first kappa shape index (κ1) is 19.4. The molecule has 2 N–H and O–H groups in total. The normalized spacial score (nSPS) is 14.0. The lowest BCUT2D eigenvalue weighted by molar-refractivity contribution is -0.115. The minimum Gasteiger partial charge on any atom is -0.309 e. The molecule has 0 bridgehead atoms. The number of aromatic nitrogens is 2. The maximum absolute atomic E-state index is 12.8. The number of anilines is 1. The summed E-state index contributed by atoms with van der Waals surface area (Å²) in [4.78, 5) is 12.4. The van der Waals surface area contributed by atoms with Crippen LogP contribution in [0.3, 0.4) is 0 Å². The Bertz CT molecular complexity index is 1140. The summed E-state index contributed by atoms with van der Waals surface area (Å²) >= 11 is 0. The third-order valence-corrected chi connectivity index (χ3v) is 6.66. The standard InChI is InChI=1S/C21H22N4O3S/c1-15-6-5-9-17(10-15)11-20(26)22-21-18-12-25(13-19(18)23-24-21)29(27,28)14-16-7-3-2-4-8-16/h2-10H,11-14H2,1H3,(H2,22,23,24,26). The Morgan fingerprint density at radius 2 is 1.86 bits per heavy atom. The number of carbonyl (C=O) groups is 1. The molecule has 3 aromatic rings. The topological polar surface area (TPSA) is 95.2 Å². The van der Waals surface area contributed by atoms with Crippen LogP contribution in [-0.4, -0.2) is 28.8 Å². The highest BCUT2D eigenvalue weighted by atomic mass is 32.2. The molecule has 7 nitrogen and oxygen atoms in total. The van der Waals surface area contributed by atoms with Gasteiger partial charge in [0.2, 0.25) is 15.9 Å². The van der Waals surface area contributed by atoms with Crippen LogP contribution in [0.25, 0.3) is 0 Å². The minimum atomic E-state index is -3.48. The maximum Gasteiger partial charge on any atom is 0.230 e. The Balaban J connectivity index is 1.43. The quantitative estimate of drug-likeness (QED) is 0.653. The molecular formula is C21H22N4O3S. The number of aryl methyl sites for hydroxylation is 1. The van der Waals surface area contributed by atoms with Crippen molar-refractivity contribution in [3.8, 4) is 0 Å². The second kappa shape index (κ2) is 7.81. The van der Waals surface area contributed by atoms with E-state index in [9.17, 15) is 13.2 Å². The molecule has 8 heteroatoms. The number of rotatable bonds is 6. The molecule has 0 radical (unpaired) electrons. The van der Waals surface area contributed by atoms with Crippen molar-refractivity contribution < 1.29 is 13.2 Å². The summed E-state index contributed by atoms with van der Waals surface area (Å²) < 4.78 is 27.0. The van der Waals surface area contributed by atoms with Crippen LogP contribution in [0.15, 0.2) is 54.6 Å². The highest BCUT2D eigenvalue weighted by molar-refractivity contribution is 7.88. The van der Waals surface area contributed by atoms with Crippen LogP contribution < -0.4 is 5.32 Å². The number of hydrogen-bond acceptors (Lipinski definition) is 4. The van der Waals surface area contributed by atoms with Gasteiger partial charge in [-0.25, -0.2) is 8.42 Å². The third-order valence-electron chi connectivity index (χ3n) is 4.91. The molecule has 0 fully saturated rings. The smallest absolute Gasteiger partial charge is 0.230 e. The first-order chi connectivity index (χ1) is 13.9. The summed E-state index contributed by atoms with van der Waals surface area (Å²) in [5, 5.41) is 9.83. The van der Waals surface area contributed by atoms with Crippen LogP contribution in [0.2, 0.25) is 0 Å². The zero-order valence-corrected chi connectivity index (χ0v) is 16.9. The molecule has 0 aliphatic carbocycles. The molecule has 2 heterocycles. The SMILES string of the molecule is Cc1cccc(CC(=O)Nc2n[nH]c3c2CN(S(=O)(=O)Cc2ccccc2)C3)c1. The van der Waals surface area contributed by atoms with E-state index in [4.69, 9.17) is 0 Å². The van der Waals surface area contributed by atoms with Gasteiger partial charge in [0.25, 0.3) is 0 Å². The highest BCUT2D eigenvalue weighted by Gasteiger charge is 2.33. The van der Waals surface area contributed by atoms with E-state index in [0.717, 1.165) is 22.3 Å². The molecule has 150 valence electrons.